The van der Waals surface area contributed by atoms with Crippen LogP contribution in [0.3, 0.4) is 0 Å². The molecule has 27 heavy (non-hydrogen) atoms. The molecule has 1 N–H and O–H groups in total. The Kier molecular flexibility index (Phi) is 7.22. The molecular formula is C17H26N6O2S2. The number of amides is 1. The van der Waals surface area contributed by atoms with Crippen molar-refractivity contribution in [3.05, 3.63) is 16.9 Å². The van der Waals surface area contributed by atoms with Crippen LogP contribution in [0.15, 0.2) is 10.5 Å². The van der Waals surface area contributed by atoms with Crippen LogP contribution in [0.25, 0.3) is 0 Å². The Bertz CT molecular complexity index is 754. The Morgan fingerprint density at radius 2 is 2.15 bits per heavy atom. The number of hydrogen-bond donors (Lipinski definition) is 1. The number of carbonyl (C=O) groups is 1. The van der Waals surface area contributed by atoms with Crippen molar-refractivity contribution in [2.45, 2.75) is 39.0 Å². The summed E-state index contributed by atoms with van der Waals surface area (Å²) >= 11 is 2.85. The summed E-state index contributed by atoms with van der Waals surface area (Å²) in [4.78, 5) is 18.8. The third kappa shape index (κ3) is 6.00. The summed E-state index contributed by atoms with van der Waals surface area (Å²) in [6, 6.07) is 0. The van der Waals surface area contributed by atoms with Gasteiger partial charge < -0.3 is 14.6 Å². The van der Waals surface area contributed by atoms with Crippen molar-refractivity contribution < 1.29 is 9.53 Å². The summed E-state index contributed by atoms with van der Waals surface area (Å²) in [6.45, 7) is 11.2. The Balaban J connectivity index is 1.62. The van der Waals surface area contributed by atoms with E-state index in [0.29, 0.717) is 11.0 Å². The lowest BCUT2D eigenvalue weighted by Crippen LogP contribution is -2.36. The maximum absolute atomic E-state index is 12.2. The molecule has 0 saturated carbocycles. The predicted octanol–water partition coefficient (Wildman–Crippen LogP) is 2.26. The van der Waals surface area contributed by atoms with Gasteiger partial charge in [0.25, 0.3) is 0 Å². The zero-order chi connectivity index (χ0) is 19.2. The van der Waals surface area contributed by atoms with Crippen molar-refractivity contribution in [3.63, 3.8) is 0 Å². The van der Waals surface area contributed by atoms with Gasteiger partial charge in [-0.2, -0.15) is 0 Å². The lowest BCUT2D eigenvalue weighted by Gasteiger charge is -2.26. The number of thioether (sulfide) groups is 1. The quantitative estimate of drug-likeness (QED) is 0.668. The monoisotopic (exact) mass is 410 g/mol. The second-order valence-electron chi connectivity index (χ2n) is 6.92. The SMILES string of the molecule is Cc1csc(NC(=O)CSc2nnc(CN3CCOCC3)n2CC(C)C)n1. The molecule has 2 aromatic rings. The van der Waals surface area contributed by atoms with Crippen LogP contribution in [-0.4, -0.2) is 62.6 Å². The van der Waals surface area contributed by atoms with Gasteiger partial charge in [-0.05, 0) is 12.8 Å². The number of nitrogens with zero attached hydrogens (tertiary/aromatic N) is 5. The highest BCUT2D eigenvalue weighted by molar-refractivity contribution is 7.99. The van der Waals surface area contributed by atoms with Crippen LogP contribution in [-0.2, 0) is 22.6 Å². The van der Waals surface area contributed by atoms with Crippen LogP contribution in [0.2, 0.25) is 0 Å². The number of aryl methyl sites for hydroxylation is 1. The van der Waals surface area contributed by atoms with Gasteiger partial charge in [0.2, 0.25) is 5.91 Å². The lowest BCUT2D eigenvalue weighted by atomic mass is 10.2. The van der Waals surface area contributed by atoms with E-state index < -0.39 is 0 Å². The highest BCUT2D eigenvalue weighted by Gasteiger charge is 2.19. The first-order valence-electron chi connectivity index (χ1n) is 9.08. The molecule has 3 rings (SSSR count). The minimum Gasteiger partial charge on any atom is -0.379 e. The first-order valence-corrected chi connectivity index (χ1v) is 10.9. The van der Waals surface area contributed by atoms with E-state index >= 15 is 0 Å². The molecule has 0 radical (unpaired) electrons. The smallest absolute Gasteiger partial charge is 0.236 e. The largest absolute Gasteiger partial charge is 0.379 e. The molecule has 0 aliphatic carbocycles. The second-order valence-corrected chi connectivity index (χ2v) is 8.72. The number of aromatic nitrogens is 4. The summed E-state index contributed by atoms with van der Waals surface area (Å²) in [6.07, 6.45) is 0. The minimum absolute atomic E-state index is 0.0804. The molecule has 2 aromatic heterocycles. The number of anilines is 1. The van der Waals surface area contributed by atoms with Crippen molar-refractivity contribution >= 4 is 34.1 Å². The summed E-state index contributed by atoms with van der Waals surface area (Å²) in [7, 11) is 0. The third-order valence-electron chi connectivity index (χ3n) is 4.01. The highest BCUT2D eigenvalue weighted by atomic mass is 32.2. The number of hydrogen-bond acceptors (Lipinski definition) is 8. The number of thiazole rings is 1. The Labute approximate surface area is 167 Å². The molecule has 0 spiro atoms. The molecule has 8 nitrogen and oxygen atoms in total. The van der Waals surface area contributed by atoms with Crippen LogP contribution in [0, 0.1) is 12.8 Å². The maximum atomic E-state index is 12.2. The van der Waals surface area contributed by atoms with Crippen LogP contribution >= 0.6 is 23.1 Å². The van der Waals surface area contributed by atoms with Gasteiger partial charge >= 0.3 is 0 Å². The van der Waals surface area contributed by atoms with E-state index in [0.717, 1.165) is 56.1 Å². The van der Waals surface area contributed by atoms with Crippen LogP contribution in [0.4, 0.5) is 5.13 Å². The first kappa shape index (κ1) is 20.2. The highest BCUT2D eigenvalue weighted by Crippen LogP contribution is 2.21. The van der Waals surface area contributed by atoms with Crippen LogP contribution in [0.1, 0.15) is 25.4 Å². The number of ether oxygens (including phenoxy) is 1. The summed E-state index contributed by atoms with van der Waals surface area (Å²) < 4.78 is 7.56. The van der Waals surface area contributed by atoms with Crippen molar-refractivity contribution in [1.82, 2.24) is 24.6 Å². The first-order chi connectivity index (χ1) is 13.0. The Hall–Kier alpha value is -1.49. The molecule has 148 valence electrons. The van der Waals surface area contributed by atoms with Gasteiger partial charge in [0, 0.05) is 25.0 Å². The van der Waals surface area contributed by atoms with Crippen LogP contribution in [0.5, 0.6) is 0 Å². The number of morpholine rings is 1. The molecule has 0 aromatic carbocycles. The van der Waals surface area contributed by atoms with E-state index in [1.807, 2.05) is 12.3 Å². The van der Waals surface area contributed by atoms with Crippen molar-refractivity contribution in [2.24, 2.45) is 5.92 Å². The average Bonchev–Trinajstić information content (AvgIpc) is 3.20. The second kappa shape index (κ2) is 9.63. The van der Waals surface area contributed by atoms with E-state index in [4.69, 9.17) is 4.74 Å². The van der Waals surface area contributed by atoms with Gasteiger partial charge in [0.1, 0.15) is 5.82 Å². The van der Waals surface area contributed by atoms with E-state index in [-0.39, 0.29) is 11.7 Å². The van der Waals surface area contributed by atoms with Gasteiger partial charge in [0.15, 0.2) is 10.3 Å². The molecule has 1 fully saturated rings. The Morgan fingerprint density at radius 3 is 2.81 bits per heavy atom. The van der Waals surface area contributed by atoms with Crippen molar-refractivity contribution in [3.8, 4) is 0 Å². The van der Waals surface area contributed by atoms with E-state index in [9.17, 15) is 4.79 Å². The van der Waals surface area contributed by atoms with Gasteiger partial charge in [-0.3, -0.25) is 9.69 Å². The topological polar surface area (TPSA) is 85.2 Å². The van der Waals surface area contributed by atoms with Gasteiger partial charge in [0.05, 0.1) is 31.2 Å². The number of nitrogens with one attached hydrogen (secondary N) is 1. The van der Waals surface area contributed by atoms with Crippen molar-refractivity contribution in [2.75, 3.05) is 37.4 Å². The molecule has 10 heteroatoms. The van der Waals surface area contributed by atoms with Crippen molar-refractivity contribution in [1.29, 1.82) is 0 Å². The van der Waals surface area contributed by atoms with Gasteiger partial charge in [-0.25, -0.2) is 4.98 Å². The Morgan fingerprint density at radius 1 is 1.37 bits per heavy atom. The fraction of sp³-hybridized carbons (Fsp3) is 0.647. The number of rotatable bonds is 8. The molecule has 1 amide bonds. The zero-order valence-electron chi connectivity index (χ0n) is 16.0. The number of carbonyl (C=O) groups excluding carboxylic acids is 1. The molecular weight excluding hydrogens is 384 g/mol. The normalized spacial score (nSPS) is 15.4. The fourth-order valence-corrected chi connectivity index (χ4v) is 4.22. The molecule has 3 heterocycles. The molecule has 1 aliphatic heterocycles. The lowest BCUT2D eigenvalue weighted by molar-refractivity contribution is -0.113. The van der Waals surface area contributed by atoms with Crippen LogP contribution < -0.4 is 5.32 Å². The summed E-state index contributed by atoms with van der Waals surface area (Å²) in [5.74, 6) is 1.62. The molecule has 1 saturated heterocycles. The standard InChI is InChI=1S/C17H26N6O2S2/c1-12(2)8-23-14(9-22-4-6-25-7-5-22)20-21-17(23)27-11-15(24)19-16-18-13(3)10-26-16/h10,12H,4-9,11H2,1-3H3,(H,18,19,24). The van der Waals surface area contributed by atoms with Gasteiger partial charge in [-0.1, -0.05) is 25.6 Å². The molecule has 0 bridgehead atoms. The van der Waals surface area contributed by atoms with Gasteiger partial charge in [-0.15, -0.1) is 21.5 Å². The molecule has 0 unspecified atom stereocenters. The predicted molar refractivity (Wildman–Crippen MR) is 107 cm³/mol. The summed E-state index contributed by atoms with van der Waals surface area (Å²) in [5, 5.41) is 14.9. The maximum Gasteiger partial charge on any atom is 0.236 e. The molecule has 1 aliphatic rings. The average molecular weight is 411 g/mol. The minimum atomic E-state index is -0.0804. The third-order valence-corrected chi connectivity index (χ3v) is 5.85. The van der Waals surface area contributed by atoms with E-state index in [2.05, 4.69) is 43.8 Å². The zero-order valence-corrected chi connectivity index (χ0v) is 17.6. The fourth-order valence-electron chi connectivity index (χ4n) is 2.75. The molecule has 0 atom stereocenters. The van der Waals surface area contributed by atoms with E-state index in [1.165, 1.54) is 23.1 Å². The van der Waals surface area contributed by atoms with E-state index in [1.54, 1.807) is 0 Å². The summed E-state index contributed by atoms with van der Waals surface area (Å²) in [5.41, 5.74) is 0.910.